The fourth-order valence-electron chi connectivity index (χ4n) is 2.87. The molecule has 0 amide bonds. The van der Waals surface area contributed by atoms with Gasteiger partial charge >= 0.3 is 0 Å². The molecular weight excluding hydrogens is 356 g/mol. The molecule has 0 unspecified atom stereocenters. The molecule has 1 N–H and O–H groups in total. The molecule has 0 bridgehead atoms. The Morgan fingerprint density at radius 2 is 2.05 bits per heavy atom. The van der Waals surface area contributed by atoms with Crippen LogP contribution in [0.25, 0.3) is 0 Å². The van der Waals surface area contributed by atoms with E-state index in [-0.39, 0.29) is 5.54 Å². The third-order valence-electron chi connectivity index (χ3n) is 4.09. The van der Waals surface area contributed by atoms with Gasteiger partial charge in [0.15, 0.2) is 5.17 Å². The molecule has 108 valence electrons. The summed E-state index contributed by atoms with van der Waals surface area (Å²) in [7, 11) is 0. The van der Waals surface area contributed by atoms with E-state index in [1.54, 1.807) is 0 Å². The standard InChI is InChI=1S/C15H18BrClN2S/c1-10-7-11(16)13(8-12(10)17)18-14-19-15(9-20-14)5-3-2-4-6-15/h7-8H,2-6,9H2,1H3,(H,18,19). The summed E-state index contributed by atoms with van der Waals surface area (Å²) >= 11 is 11.6. The molecule has 1 aliphatic heterocycles. The van der Waals surface area contributed by atoms with Gasteiger partial charge in [-0.25, -0.2) is 0 Å². The molecule has 1 saturated carbocycles. The van der Waals surface area contributed by atoms with Crippen LogP contribution in [0.5, 0.6) is 0 Å². The predicted octanol–water partition coefficient (Wildman–Crippen LogP) is 5.63. The largest absolute Gasteiger partial charge is 0.334 e. The first-order valence-corrected chi connectivity index (χ1v) is 9.19. The molecule has 1 fully saturated rings. The summed E-state index contributed by atoms with van der Waals surface area (Å²) in [6, 6.07) is 4.01. The molecule has 20 heavy (non-hydrogen) atoms. The Morgan fingerprint density at radius 1 is 1.30 bits per heavy atom. The zero-order valence-corrected chi connectivity index (χ0v) is 14.7. The van der Waals surface area contributed by atoms with E-state index in [1.807, 2.05) is 30.8 Å². The van der Waals surface area contributed by atoms with E-state index < -0.39 is 0 Å². The van der Waals surface area contributed by atoms with Gasteiger partial charge in [-0.3, -0.25) is 4.99 Å². The van der Waals surface area contributed by atoms with Crippen molar-refractivity contribution >= 4 is 50.1 Å². The third kappa shape index (κ3) is 3.02. The van der Waals surface area contributed by atoms with Gasteiger partial charge in [0.1, 0.15) is 0 Å². The second kappa shape index (κ2) is 5.90. The van der Waals surface area contributed by atoms with Gasteiger partial charge in [0.2, 0.25) is 0 Å². The van der Waals surface area contributed by atoms with Crippen LogP contribution in [-0.2, 0) is 0 Å². The topological polar surface area (TPSA) is 24.4 Å². The first-order chi connectivity index (χ1) is 9.58. The summed E-state index contributed by atoms with van der Waals surface area (Å²) in [5, 5.41) is 5.25. The van der Waals surface area contributed by atoms with E-state index in [0.29, 0.717) is 0 Å². The number of aryl methyl sites for hydroxylation is 1. The molecular formula is C15H18BrClN2S. The van der Waals surface area contributed by atoms with Crippen LogP contribution < -0.4 is 5.32 Å². The van der Waals surface area contributed by atoms with Crippen LogP contribution in [0.4, 0.5) is 5.69 Å². The number of amidine groups is 1. The molecule has 2 nitrogen and oxygen atoms in total. The van der Waals surface area contributed by atoms with Gasteiger partial charge in [0.05, 0.1) is 11.2 Å². The Morgan fingerprint density at radius 3 is 2.80 bits per heavy atom. The summed E-state index contributed by atoms with van der Waals surface area (Å²) in [6.07, 6.45) is 6.47. The van der Waals surface area contributed by atoms with Crippen LogP contribution in [0.15, 0.2) is 21.6 Å². The molecule has 0 aromatic heterocycles. The average Bonchev–Trinajstić information content (AvgIpc) is 2.79. The van der Waals surface area contributed by atoms with Crippen molar-refractivity contribution in [3.63, 3.8) is 0 Å². The van der Waals surface area contributed by atoms with E-state index in [2.05, 4.69) is 21.2 Å². The van der Waals surface area contributed by atoms with Crippen molar-refractivity contribution in [3.8, 4) is 0 Å². The molecule has 1 aromatic carbocycles. The number of hydrogen-bond donors (Lipinski definition) is 1. The molecule has 5 heteroatoms. The molecule has 3 rings (SSSR count). The number of nitrogens with one attached hydrogen (secondary N) is 1. The van der Waals surface area contributed by atoms with Crippen molar-refractivity contribution in [2.45, 2.75) is 44.6 Å². The minimum Gasteiger partial charge on any atom is -0.334 e. The van der Waals surface area contributed by atoms with Crippen LogP contribution in [0.1, 0.15) is 37.7 Å². The average molecular weight is 374 g/mol. The lowest BCUT2D eigenvalue weighted by Gasteiger charge is -2.29. The summed E-state index contributed by atoms with van der Waals surface area (Å²) in [5.74, 6) is 1.12. The van der Waals surface area contributed by atoms with Crippen molar-refractivity contribution in [3.05, 3.63) is 27.2 Å². The van der Waals surface area contributed by atoms with Crippen LogP contribution in [-0.4, -0.2) is 16.5 Å². The van der Waals surface area contributed by atoms with Crippen molar-refractivity contribution in [2.24, 2.45) is 4.99 Å². The van der Waals surface area contributed by atoms with E-state index in [0.717, 1.165) is 31.7 Å². The van der Waals surface area contributed by atoms with Crippen LogP contribution in [0, 0.1) is 6.92 Å². The van der Waals surface area contributed by atoms with Gasteiger partial charge in [-0.2, -0.15) is 0 Å². The first-order valence-electron chi connectivity index (χ1n) is 7.03. The van der Waals surface area contributed by atoms with Crippen molar-refractivity contribution in [1.82, 2.24) is 0 Å². The lowest BCUT2D eigenvalue weighted by atomic mass is 9.84. The maximum Gasteiger partial charge on any atom is 0.161 e. The van der Waals surface area contributed by atoms with E-state index in [4.69, 9.17) is 16.6 Å². The molecule has 0 atom stereocenters. The van der Waals surface area contributed by atoms with Gasteiger partial charge in [-0.15, -0.1) is 0 Å². The van der Waals surface area contributed by atoms with Crippen LogP contribution in [0.3, 0.4) is 0 Å². The predicted molar refractivity (Wildman–Crippen MR) is 93.2 cm³/mol. The smallest absolute Gasteiger partial charge is 0.161 e. The molecule has 1 heterocycles. The van der Waals surface area contributed by atoms with Gasteiger partial charge in [0, 0.05) is 15.2 Å². The maximum absolute atomic E-state index is 6.21. The summed E-state index contributed by atoms with van der Waals surface area (Å²) in [6.45, 7) is 2.01. The highest BCUT2D eigenvalue weighted by Gasteiger charge is 2.36. The number of hydrogen-bond acceptors (Lipinski definition) is 3. The van der Waals surface area contributed by atoms with Crippen LogP contribution >= 0.6 is 39.3 Å². The molecule has 1 spiro atoms. The Balaban J connectivity index is 1.78. The normalized spacial score (nSPS) is 21.1. The highest BCUT2D eigenvalue weighted by atomic mass is 79.9. The summed E-state index contributed by atoms with van der Waals surface area (Å²) in [5.41, 5.74) is 2.28. The number of benzene rings is 1. The quantitative estimate of drug-likeness (QED) is 0.690. The number of aliphatic imine (C=N–C) groups is 1. The number of thioether (sulfide) groups is 1. The third-order valence-corrected chi connectivity index (χ3v) is 6.30. The lowest BCUT2D eigenvalue weighted by molar-refractivity contribution is 0.335. The second-order valence-corrected chi connectivity index (χ2v) is 7.92. The Kier molecular flexibility index (Phi) is 4.34. The first kappa shape index (κ1) is 14.7. The van der Waals surface area contributed by atoms with E-state index >= 15 is 0 Å². The zero-order chi connectivity index (χ0) is 14.2. The van der Waals surface area contributed by atoms with Crippen molar-refractivity contribution < 1.29 is 0 Å². The van der Waals surface area contributed by atoms with Crippen LogP contribution in [0.2, 0.25) is 5.02 Å². The van der Waals surface area contributed by atoms with Crippen molar-refractivity contribution in [2.75, 3.05) is 11.1 Å². The number of rotatable bonds is 1. The fraction of sp³-hybridized carbons (Fsp3) is 0.533. The Bertz CT molecular complexity index is 553. The molecule has 1 aliphatic carbocycles. The minimum atomic E-state index is 0.201. The Labute approximate surface area is 137 Å². The monoisotopic (exact) mass is 372 g/mol. The minimum absolute atomic E-state index is 0.201. The highest BCUT2D eigenvalue weighted by molar-refractivity contribution is 9.10. The molecule has 0 saturated heterocycles. The Hall–Kier alpha value is -0.190. The van der Waals surface area contributed by atoms with Gasteiger partial charge < -0.3 is 5.32 Å². The maximum atomic E-state index is 6.21. The molecule has 0 radical (unpaired) electrons. The van der Waals surface area contributed by atoms with E-state index in [9.17, 15) is 0 Å². The van der Waals surface area contributed by atoms with Crippen molar-refractivity contribution in [1.29, 1.82) is 0 Å². The summed E-state index contributed by atoms with van der Waals surface area (Å²) < 4.78 is 1.03. The van der Waals surface area contributed by atoms with Gasteiger partial charge in [0.25, 0.3) is 0 Å². The van der Waals surface area contributed by atoms with E-state index in [1.165, 1.54) is 32.1 Å². The number of nitrogens with zero attached hydrogens (tertiary/aromatic N) is 1. The highest BCUT2D eigenvalue weighted by Crippen LogP contribution is 2.40. The molecule has 1 aromatic rings. The SMILES string of the molecule is Cc1cc(Br)c(NC2=NC3(CCCCC3)CS2)cc1Cl. The molecule has 2 aliphatic rings. The second-order valence-electron chi connectivity index (χ2n) is 5.70. The number of anilines is 1. The lowest BCUT2D eigenvalue weighted by Crippen LogP contribution is -2.29. The van der Waals surface area contributed by atoms with Gasteiger partial charge in [-0.05, 0) is 53.4 Å². The zero-order valence-electron chi connectivity index (χ0n) is 11.5. The van der Waals surface area contributed by atoms with Gasteiger partial charge in [-0.1, -0.05) is 42.6 Å². The fourth-order valence-corrected chi connectivity index (χ4v) is 4.79. The summed E-state index contributed by atoms with van der Waals surface area (Å²) in [4.78, 5) is 4.97. The number of halogens is 2.